The van der Waals surface area contributed by atoms with E-state index < -0.39 is 16.1 Å². The topological polar surface area (TPSA) is 90.3 Å². The molecule has 1 aliphatic rings. The summed E-state index contributed by atoms with van der Waals surface area (Å²) in [6.45, 7) is 2.19. The molecule has 22 heavy (non-hydrogen) atoms. The van der Waals surface area contributed by atoms with Crippen molar-refractivity contribution in [3.8, 4) is 6.07 Å². The summed E-state index contributed by atoms with van der Waals surface area (Å²) in [4.78, 5) is 12.4. The van der Waals surface area contributed by atoms with E-state index in [4.69, 9.17) is 5.26 Å². The monoisotopic (exact) mass is 321 g/mol. The molecule has 1 aromatic rings. The third kappa shape index (κ3) is 3.64. The summed E-state index contributed by atoms with van der Waals surface area (Å²) in [5.74, 6) is -0.284. The van der Waals surface area contributed by atoms with Gasteiger partial charge in [-0.15, -0.1) is 0 Å². The van der Waals surface area contributed by atoms with Crippen LogP contribution in [0.3, 0.4) is 0 Å². The van der Waals surface area contributed by atoms with E-state index in [-0.39, 0.29) is 11.7 Å². The fourth-order valence-corrected chi connectivity index (χ4v) is 4.35. The van der Waals surface area contributed by atoms with Gasteiger partial charge in [0, 0.05) is 12.2 Å². The van der Waals surface area contributed by atoms with Crippen molar-refractivity contribution >= 4 is 21.6 Å². The molecule has 0 saturated carbocycles. The lowest BCUT2D eigenvalue weighted by atomic mass is 10.2. The molecule has 0 bridgehead atoms. The number of amides is 1. The number of nitrogens with zero attached hydrogens (tertiary/aromatic N) is 2. The number of carbonyl (C=O) groups is 1. The first-order chi connectivity index (χ1) is 10.5. The van der Waals surface area contributed by atoms with Crippen molar-refractivity contribution in [2.24, 2.45) is 0 Å². The highest BCUT2D eigenvalue weighted by molar-refractivity contribution is 7.89. The lowest BCUT2D eigenvalue weighted by Crippen LogP contribution is -2.44. The fraction of sp³-hybridized carbons (Fsp3) is 0.467. The zero-order valence-corrected chi connectivity index (χ0v) is 13.3. The summed E-state index contributed by atoms with van der Waals surface area (Å²) in [6.07, 6.45) is 1.73. The number of nitrogens with one attached hydrogen (secondary N) is 1. The van der Waals surface area contributed by atoms with Gasteiger partial charge in [0.15, 0.2) is 0 Å². The molecule has 0 aromatic heterocycles. The van der Waals surface area contributed by atoms with Crippen LogP contribution < -0.4 is 5.32 Å². The Morgan fingerprint density at radius 1 is 1.50 bits per heavy atom. The Balaban J connectivity index is 2.13. The highest BCUT2D eigenvalue weighted by atomic mass is 32.2. The van der Waals surface area contributed by atoms with Gasteiger partial charge < -0.3 is 5.32 Å². The molecule has 0 spiro atoms. The standard InChI is InChI=1S/C15H19N3O3S/c1-2-9-22(20,21)18-8-4-7-14(18)15(19)17-13-6-3-5-12(10-13)11-16/h3,5-6,10,14H,2,4,7-9H2,1H3,(H,17,19)/t14-/m1/s1. The van der Waals surface area contributed by atoms with Crippen molar-refractivity contribution in [3.05, 3.63) is 29.8 Å². The summed E-state index contributed by atoms with van der Waals surface area (Å²) in [5.41, 5.74) is 0.948. The van der Waals surface area contributed by atoms with Gasteiger partial charge >= 0.3 is 0 Å². The first-order valence-electron chi connectivity index (χ1n) is 7.28. The number of hydrogen-bond donors (Lipinski definition) is 1. The minimum Gasteiger partial charge on any atom is -0.325 e. The van der Waals surface area contributed by atoms with Gasteiger partial charge in [0.25, 0.3) is 0 Å². The van der Waals surface area contributed by atoms with Gasteiger partial charge in [-0.05, 0) is 37.5 Å². The number of carbonyl (C=O) groups excluding carboxylic acids is 1. The number of benzene rings is 1. The van der Waals surface area contributed by atoms with Crippen LogP contribution in [0.15, 0.2) is 24.3 Å². The molecule has 1 N–H and O–H groups in total. The molecule has 1 heterocycles. The molecule has 7 heteroatoms. The Morgan fingerprint density at radius 3 is 2.95 bits per heavy atom. The minimum absolute atomic E-state index is 0.0562. The van der Waals surface area contributed by atoms with Crippen molar-refractivity contribution in [2.45, 2.75) is 32.2 Å². The van der Waals surface area contributed by atoms with Crippen LogP contribution in [0.5, 0.6) is 0 Å². The van der Waals surface area contributed by atoms with Gasteiger partial charge in [0.1, 0.15) is 6.04 Å². The van der Waals surface area contributed by atoms with Crippen LogP contribution >= 0.6 is 0 Å². The van der Waals surface area contributed by atoms with E-state index in [1.807, 2.05) is 6.07 Å². The summed E-state index contributed by atoms with van der Waals surface area (Å²) in [5, 5.41) is 11.6. The predicted molar refractivity (Wildman–Crippen MR) is 83.6 cm³/mol. The van der Waals surface area contributed by atoms with Gasteiger partial charge in [-0.2, -0.15) is 9.57 Å². The van der Waals surface area contributed by atoms with Gasteiger partial charge in [-0.25, -0.2) is 8.42 Å². The van der Waals surface area contributed by atoms with Crippen molar-refractivity contribution in [1.29, 1.82) is 5.26 Å². The first kappa shape index (κ1) is 16.5. The number of rotatable bonds is 5. The average molecular weight is 321 g/mol. The largest absolute Gasteiger partial charge is 0.325 e. The van der Waals surface area contributed by atoms with Gasteiger partial charge in [-0.1, -0.05) is 13.0 Å². The molecule has 1 atom stereocenters. The second-order valence-electron chi connectivity index (χ2n) is 5.27. The van der Waals surface area contributed by atoms with Crippen LogP contribution in [0.25, 0.3) is 0 Å². The lowest BCUT2D eigenvalue weighted by Gasteiger charge is -2.23. The summed E-state index contributed by atoms with van der Waals surface area (Å²) >= 11 is 0. The Bertz CT molecular complexity index is 694. The zero-order valence-electron chi connectivity index (χ0n) is 12.4. The molecule has 0 radical (unpaired) electrons. The van der Waals surface area contributed by atoms with E-state index in [2.05, 4.69) is 5.32 Å². The van der Waals surface area contributed by atoms with E-state index in [9.17, 15) is 13.2 Å². The highest BCUT2D eigenvalue weighted by Crippen LogP contribution is 2.23. The van der Waals surface area contributed by atoms with Crippen LogP contribution in [0.1, 0.15) is 31.7 Å². The average Bonchev–Trinajstić information content (AvgIpc) is 2.98. The van der Waals surface area contributed by atoms with Crippen LogP contribution in [0.4, 0.5) is 5.69 Å². The third-order valence-corrected chi connectivity index (χ3v) is 5.66. The number of nitriles is 1. The van der Waals surface area contributed by atoms with Crippen LogP contribution in [0, 0.1) is 11.3 Å². The maximum atomic E-state index is 12.4. The van der Waals surface area contributed by atoms with Crippen molar-refractivity contribution in [2.75, 3.05) is 17.6 Å². The Morgan fingerprint density at radius 2 is 2.27 bits per heavy atom. The molecular formula is C15H19N3O3S. The van der Waals surface area contributed by atoms with Gasteiger partial charge in [0.2, 0.25) is 15.9 Å². The van der Waals surface area contributed by atoms with Gasteiger partial charge in [-0.3, -0.25) is 4.79 Å². The molecule has 1 aromatic carbocycles. The Hall–Kier alpha value is -1.91. The quantitative estimate of drug-likeness (QED) is 0.893. The van der Waals surface area contributed by atoms with Gasteiger partial charge in [0.05, 0.1) is 17.4 Å². The van der Waals surface area contributed by atoms with Crippen LogP contribution in [-0.4, -0.2) is 37.0 Å². The maximum Gasteiger partial charge on any atom is 0.242 e. The van der Waals surface area contributed by atoms with E-state index in [0.29, 0.717) is 37.1 Å². The van der Waals surface area contributed by atoms with E-state index >= 15 is 0 Å². The fourth-order valence-electron chi connectivity index (χ4n) is 2.60. The van der Waals surface area contributed by atoms with Crippen molar-refractivity contribution < 1.29 is 13.2 Å². The first-order valence-corrected chi connectivity index (χ1v) is 8.89. The smallest absolute Gasteiger partial charge is 0.242 e. The molecule has 1 aliphatic heterocycles. The van der Waals surface area contributed by atoms with Crippen molar-refractivity contribution in [3.63, 3.8) is 0 Å². The lowest BCUT2D eigenvalue weighted by molar-refractivity contribution is -0.119. The number of sulfonamides is 1. The van der Waals surface area contributed by atoms with E-state index in [1.54, 1.807) is 31.2 Å². The molecule has 0 aliphatic carbocycles. The molecule has 1 amide bonds. The molecule has 1 saturated heterocycles. The Labute approximate surface area is 130 Å². The number of anilines is 1. The summed E-state index contributed by atoms with van der Waals surface area (Å²) < 4.78 is 25.7. The third-order valence-electron chi connectivity index (χ3n) is 3.58. The predicted octanol–water partition coefficient (Wildman–Crippen LogP) is 1.70. The van der Waals surface area contributed by atoms with Crippen LogP contribution in [-0.2, 0) is 14.8 Å². The molecule has 0 unspecified atom stereocenters. The van der Waals surface area contributed by atoms with Crippen LogP contribution in [0.2, 0.25) is 0 Å². The molecule has 1 fully saturated rings. The minimum atomic E-state index is -3.39. The number of hydrogen-bond acceptors (Lipinski definition) is 4. The zero-order chi connectivity index (χ0) is 16.2. The van der Waals surface area contributed by atoms with Crippen molar-refractivity contribution in [1.82, 2.24) is 4.31 Å². The highest BCUT2D eigenvalue weighted by Gasteiger charge is 2.37. The molecule has 6 nitrogen and oxygen atoms in total. The Kier molecular flexibility index (Phi) is 5.16. The van der Waals surface area contributed by atoms with E-state index in [1.165, 1.54) is 4.31 Å². The second kappa shape index (κ2) is 6.90. The molecule has 2 rings (SSSR count). The molecular weight excluding hydrogens is 302 g/mol. The molecule has 118 valence electrons. The summed E-state index contributed by atoms with van der Waals surface area (Å²) in [6, 6.07) is 7.90. The summed E-state index contributed by atoms with van der Waals surface area (Å²) in [7, 11) is -3.39. The second-order valence-corrected chi connectivity index (χ2v) is 7.31. The SMILES string of the molecule is CCCS(=O)(=O)N1CCC[C@@H]1C(=O)Nc1cccc(C#N)c1. The normalized spacial score (nSPS) is 18.8. The van der Waals surface area contributed by atoms with E-state index in [0.717, 1.165) is 0 Å². The maximum absolute atomic E-state index is 12.4.